The van der Waals surface area contributed by atoms with Gasteiger partial charge in [-0.1, -0.05) is 62.4 Å². The zero-order valence-electron chi connectivity index (χ0n) is 18.6. The van der Waals surface area contributed by atoms with Crippen LogP contribution in [0.4, 0.5) is 5.82 Å². The Labute approximate surface area is 188 Å². The summed E-state index contributed by atoms with van der Waals surface area (Å²) < 4.78 is 2.10. The lowest BCUT2D eigenvalue weighted by Gasteiger charge is -2.18. The van der Waals surface area contributed by atoms with Gasteiger partial charge in [-0.15, -0.1) is 0 Å². The van der Waals surface area contributed by atoms with E-state index < -0.39 is 0 Å². The van der Waals surface area contributed by atoms with Crippen molar-refractivity contribution in [2.24, 2.45) is 7.05 Å². The normalized spacial score (nSPS) is 13.1. The highest BCUT2D eigenvalue weighted by molar-refractivity contribution is 6.00. The number of amides is 1. The standard InChI is InChI=1S/C27H26N4O/c1-18(2)22-7-4-5-8-23(22)26-28-16-21-15-25(32)31(27(21)29-26)17-19-10-12-20(13-11-19)24-9-6-14-30(24)3/h4-14,16,18H,15,17H2,1-3H3. The first-order chi connectivity index (χ1) is 15.5. The van der Waals surface area contributed by atoms with E-state index in [1.165, 1.54) is 11.3 Å². The fourth-order valence-corrected chi connectivity index (χ4v) is 4.35. The highest BCUT2D eigenvalue weighted by Gasteiger charge is 2.30. The first kappa shape index (κ1) is 20.2. The molecule has 4 aromatic rings. The number of hydrogen-bond donors (Lipinski definition) is 0. The molecule has 0 aliphatic carbocycles. The Morgan fingerprint density at radius 1 is 1.00 bits per heavy atom. The van der Waals surface area contributed by atoms with E-state index in [9.17, 15) is 4.79 Å². The molecule has 0 radical (unpaired) electrons. The SMILES string of the molecule is CC(C)c1ccccc1-c1ncc2c(n1)N(Cc1ccc(-c3cccn3C)cc1)C(=O)C2. The van der Waals surface area contributed by atoms with E-state index in [0.29, 0.717) is 24.7 Å². The molecule has 0 fully saturated rings. The summed E-state index contributed by atoms with van der Waals surface area (Å²) in [6.45, 7) is 4.84. The van der Waals surface area contributed by atoms with Gasteiger partial charge in [0.2, 0.25) is 5.91 Å². The fraction of sp³-hybridized carbons (Fsp3) is 0.222. The van der Waals surface area contributed by atoms with Gasteiger partial charge in [-0.25, -0.2) is 9.97 Å². The largest absolute Gasteiger partial charge is 0.351 e. The van der Waals surface area contributed by atoms with Crippen LogP contribution in [0.5, 0.6) is 0 Å². The number of benzene rings is 2. The molecule has 3 heterocycles. The van der Waals surface area contributed by atoms with Gasteiger partial charge in [-0.3, -0.25) is 9.69 Å². The molecular formula is C27H26N4O. The summed E-state index contributed by atoms with van der Waals surface area (Å²) >= 11 is 0. The number of carbonyl (C=O) groups is 1. The summed E-state index contributed by atoms with van der Waals surface area (Å²) in [6.07, 6.45) is 4.20. The minimum absolute atomic E-state index is 0.0649. The highest BCUT2D eigenvalue weighted by Crippen LogP contribution is 2.33. The predicted octanol–water partition coefficient (Wildman–Crippen LogP) is 5.36. The maximum absolute atomic E-state index is 12.8. The van der Waals surface area contributed by atoms with Crippen LogP contribution in [0, 0.1) is 0 Å². The van der Waals surface area contributed by atoms with E-state index in [1.807, 2.05) is 37.6 Å². The molecule has 0 N–H and O–H groups in total. The summed E-state index contributed by atoms with van der Waals surface area (Å²) in [6, 6.07) is 20.8. The van der Waals surface area contributed by atoms with Crippen molar-refractivity contribution in [2.75, 3.05) is 4.90 Å². The molecule has 0 atom stereocenters. The molecule has 0 bridgehead atoms. The molecular weight excluding hydrogens is 396 g/mol. The number of anilines is 1. The summed E-state index contributed by atoms with van der Waals surface area (Å²) in [4.78, 5) is 24.1. The Kier molecular flexibility index (Phi) is 5.10. The molecule has 5 rings (SSSR count). The lowest BCUT2D eigenvalue weighted by molar-refractivity contribution is -0.117. The van der Waals surface area contributed by atoms with Crippen molar-refractivity contribution in [3.63, 3.8) is 0 Å². The zero-order valence-corrected chi connectivity index (χ0v) is 18.6. The van der Waals surface area contributed by atoms with Crippen molar-refractivity contribution in [1.29, 1.82) is 0 Å². The fourth-order valence-electron chi connectivity index (χ4n) is 4.35. The molecule has 5 heteroatoms. The van der Waals surface area contributed by atoms with E-state index in [0.717, 1.165) is 28.1 Å². The van der Waals surface area contributed by atoms with Crippen LogP contribution in [0.2, 0.25) is 0 Å². The van der Waals surface area contributed by atoms with E-state index in [2.05, 4.69) is 65.9 Å². The Morgan fingerprint density at radius 2 is 1.78 bits per heavy atom. The first-order valence-corrected chi connectivity index (χ1v) is 11.0. The first-order valence-electron chi connectivity index (χ1n) is 11.0. The maximum atomic E-state index is 12.8. The molecule has 0 spiro atoms. The van der Waals surface area contributed by atoms with E-state index in [4.69, 9.17) is 4.98 Å². The number of carbonyl (C=O) groups excluding carboxylic acids is 1. The van der Waals surface area contributed by atoms with Crippen LogP contribution in [0.25, 0.3) is 22.6 Å². The van der Waals surface area contributed by atoms with Gasteiger partial charge in [0, 0.05) is 36.3 Å². The van der Waals surface area contributed by atoms with Gasteiger partial charge in [0.1, 0.15) is 5.82 Å². The quantitative estimate of drug-likeness (QED) is 0.435. The highest BCUT2D eigenvalue weighted by atomic mass is 16.2. The van der Waals surface area contributed by atoms with Gasteiger partial charge in [0.25, 0.3) is 0 Å². The second-order valence-electron chi connectivity index (χ2n) is 8.64. The van der Waals surface area contributed by atoms with E-state index in [-0.39, 0.29) is 5.91 Å². The molecule has 0 saturated heterocycles. The van der Waals surface area contributed by atoms with Gasteiger partial charge in [0.15, 0.2) is 5.82 Å². The second-order valence-corrected chi connectivity index (χ2v) is 8.64. The number of fused-ring (bicyclic) bond motifs is 1. The van der Waals surface area contributed by atoms with Crippen molar-refractivity contribution in [3.8, 4) is 22.6 Å². The maximum Gasteiger partial charge on any atom is 0.233 e. The lowest BCUT2D eigenvalue weighted by atomic mass is 9.97. The van der Waals surface area contributed by atoms with Crippen LogP contribution in [-0.4, -0.2) is 20.4 Å². The summed E-state index contributed by atoms with van der Waals surface area (Å²) in [5.74, 6) is 1.83. The van der Waals surface area contributed by atoms with Crippen LogP contribution in [0.1, 0.15) is 36.5 Å². The molecule has 1 aliphatic heterocycles. The number of hydrogen-bond acceptors (Lipinski definition) is 3. The summed E-state index contributed by atoms with van der Waals surface area (Å²) in [5, 5.41) is 0. The third-order valence-electron chi connectivity index (χ3n) is 6.10. The minimum atomic E-state index is 0.0649. The Bertz CT molecular complexity index is 1290. The molecule has 2 aromatic heterocycles. The monoisotopic (exact) mass is 422 g/mol. The lowest BCUT2D eigenvalue weighted by Crippen LogP contribution is -2.26. The Hall–Kier alpha value is -3.73. The average Bonchev–Trinajstić information content (AvgIpc) is 3.36. The number of aryl methyl sites for hydroxylation is 1. The molecule has 1 amide bonds. The molecule has 32 heavy (non-hydrogen) atoms. The molecule has 2 aromatic carbocycles. The smallest absolute Gasteiger partial charge is 0.233 e. The summed E-state index contributed by atoms with van der Waals surface area (Å²) in [5.41, 5.74) is 6.52. The molecule has 1 aliphatic rings. The predicted molar refractivity (Wildman–Crippen MR) is 127 cm³/mol. The number of nitrogens with zero attached hydrogens (tertiary/aromatic N) is 4. The van der Waals surface area contributed by atoms with Crippen molar-refractivity contribution in [3.05, 3.63) is 89.7 Å². The van der Waals surface area contributed by atoms with Gasteiger partial charge >= 0.3 is 0 Å². The van der Waals surface area contributed by atoms with Gasteiger partial charge in [0.05, 0.1) is 13.0 Å². The molecule has 0 saturated carbocycles. The van der Waals surface area contributed by atoms with Gasteiger partial charge < -0.3 is 4.57 Å². The third-order valence-corrected chi connectivity index (χ3v) is 6.10. The van der Waals surface area contributed by atoms with Crippen LogP contribution < -0.4 is 4.90 Å². The van der Waals surface area contributed by atoms with Crippen LogP contribution in [-0.2, 0) is 24.8 Å². The zero-order chi connectivity index (χ0) is 22.2. The Morgan fingerprint density at radius 3 is 2.50 bits per heavy atom. The molecule has 160 valence electrons. The number of rotatable bonds is 5. The Balaban J connectivity index is 1.45. The third kappa shape index (κ3) is 3.60. The van der Waals surface area contributed by atoms with Crippen molar-refractivity contribution in [1.82, 2.24) is 14.5 Å². The van der Waals surface area contributed by atoms with Crippen LogP contribution in [0.3, 0.4) is 0 Å². The van der Waals surface area contributed by atoms with Crippen molar-refractivity contribution >= 4 is 11.7 Å². The van der Waals surface area contributed by atoms with Crippen molar-refractivity contribution < 1.29 is 4.79 Å². The molecule has 0 unspecified atom stereocenters. The van der Waals surface area contributed by atoms with E-state index in [1.54, 1.807) is 4.90 Å². The second kappa shape index (κ2) is 8.08. The van der Waals surface area contributed by atoms with Crippen molar-refractivity contribution in [2.45, 2.75) is 32.7 Å². The minimum Gasteiger partial charge on any atom is -0.351 e. The topological polar surface area (TPSA) is 51.0 Å². The average molecular weight is 423 g/mol. The van der Waals surface area contributed by atoms with Gasteiger partial charge in [-0.2, -0.15) is 0 Å². The van der Waals surface area contributed by atoms with Crippen LogP contribution >= 0.6 is 0 Å². The summed E-state index contributed by atoms with van der Waals surface area (Å²) in [7, 11) is 2.04. The van der Waals surface area contributed by atoms with E-state index >= 15 is 0 Å². The number of aromatic nitrogens is 3. The van der Waals surface area contributed by atoms with Gasteiger partial charge in [-0.05, 0) is 34.7 Å². The van der Waals surface area contributed by atoms with Crippen LogP contribution in [0.15, 0.2) is 73.1 Å². The molecule has 5 nitrogen and oxygen atoms in total.